The number of carbonyl (C=O) groups is 1. The second kappa shape index (κ2) is 8.53. The number of carbonyl (C=O) groups excluding carboxylic acids is 1. The lowest BCUT2D eigenvalue weighted by molar-refractivity contribution is -0.151. The van der Waals surface area contributed by atoms with E-state index < -0.39 is 0 Å². The maximum absolute atomic E-state index is 12.2. The van der Waals surface area contributed by atoms with Crippen molar-refractivity contribution in [3.8, 4) is 5.75 Å². The number of benzene rings is 1. The van der Waals surface area contributed by atoms with Crippen molar-refractivity contribution in [2.75, 3.05) is 13.3 Å². The summed E-state index contributed by atoms with van der Waals surface area (Å²) in [6.07, 6.45) is 9.14. The molecule has 4 atom stereocenters. The summed E-state index contributed by atoms with van der Waals surface area (Å²) in [5.74, 6) is 1.73. The zero-order valence-corrected chi connectivity index (χ0v) is 19.3. The number of hydrogen-bond donors (Lipinski definition) is 1. The number of piperidine rings is 1. The first-order valence-corrected chi connectivity index (χ1v) is 11.9. The molecule has 2 aliphatic carbocycles. The number of esters is 1. The zero-order chi connectivity index (χ0) is 21.4. The fraction of sp³-hybridized carbons (Fsp3) is 0.731. The fourth-order valence-corrected chi connectivity index (χ4v) is 6.62. The van der Waals surface area contributed by atoms with Crippen LogP contribution in [0.5, 0.6) is 5.75 Å². The van der Waals surface area contributed by atoms with Crippen LogP contribution in [0.1, 0.15) is 83.8 Å². The Morgan fingerprint density at radius 3 is 2.90 bits per heavy atom. The summed E-state index contributed by atoms with van der Waals surface area (Å²) in [6.45, 7) is 9.85. The van der Waals surface area contributed by atoms with Gasteiger partial charge in [-0.05, 0) is 79.2 Å². The smallest absolute Gasteiger partial charge is 0.308 e. The molecule has 3 aliphatic rings. The van der Waals surface area contributed by atoms with E-state index in [-0.39, 0.29) is 18.2 Å². The lowest BCUT2D eigenvalue weighted by atomic mass is 9.53. The number of fused-ring (bicyclic) bond motifs is 1. The molecule has 30 heavy (non-hydrogen) atoms. The van der Waals surface area contributed by atoms with Gasteiger partial charge < -0.3 is 14.8 Å². The van der Waals surface area contributed by atoms with Gasteiger partial charge in [0.2, 0.25) is 6.79 Å². The van der Waals surface area contributed by atoms with Gasteiger partial charge in [-0.2, -0.15) is 0 Å². The molecule has 1 N–H and O–H groups in total. The van der Waals surface area contributed by atoms with Crippen LogP contribution >= 0.6 is 0 Å². The van der Waals surface area contributed by atoms with Crippen molar-refractivity contribution in [2.24, 2.45) is 17.3 Å². The van der Waals surface area contributed by atoms with E-state index in [1.54, 1.807) is 0 Å². The molecular weight excluding hydrogens is 374 g/mol. The average molecular weight is 414 g/mol. The van der Waals surface area contributed by atoms with Crippen LogP contribution in [-0.2, 0) is 21.4 Å². The van der Waals surface area contributed by atoms with Crippen molar-refractivity contribution in [3.63, 3.8) is 0 Å². The molecule has 1 aromatic carbocycles. The van der Waals surface area contributed by atoms with E-state index in [1.807, 2.05) is 6.07 Å². The topological polar surface area (TPSA) is 47.6 Å². The van der Waals surface area contributed by atoms with Crippen molar-refractivity contribution in [2.45, 2.75) is 90.5 Å². The van der Waals surface area contributed by atoms with Crippen molar-refractivity contribution in [1.82, 2.24) is 5.32 Å². The van der Waals surface area contributed by atoms with Gasteiger partial charge in [0.15, 0.2) is 0 Å². The van der Waals surface area contributed by atoms with Crippen molar-refractivity contribution >= 4 is 5.97 Å². The summed E-state index contributed by atoms with van der Waals surface area (Å²) in [6, 6.07) is 7.18. The van der Waals surface area contributed by atoms with Gasteiger partial charge >= 0.3 is 5.97 Å². The predicted octanol–water partition coefficient (Wildman–Crippen LogP) is 5.37. The molecule has 4 heteroatoms. The van der Waals surface area contributed by atoms with E-state index >= 15 is 0 Å². The summed E-state index contributed by atoms with van der Waals surface area (Å²) < 4.78 is 11.3. The Balaban J connectivity index is 1.38. The van der Waals surface area contributed by atoms with E-state index in [4.69, 9.17) is 9.47 Å². The molecule has 1 saturated heterocycles. The van der Waals surface area contributed by atoms with Gasteiger partial charge in [0, 0.05) is 17.9 Å². The van der Waals surface area contributed by atoms with Crippen LogP contribution in [-0.4, -0.2) is 25.3 Å². The molecule has 0 radical (unpaired) electrons. The van der Waals surface area contributed by atoms with Crippen LogP contribution in [0.3, 0.4) is 0 Å². The van der Waals surface area contributed by atoms with E-state index in [0.717, 1.165) is 31.1 Å². The molecular formula is C26H39NO3. The van der Waals surface area contributed by atoms with E-state index in [2.05, 4.69) is 45.1 Å². The lowest BCUT2D eigenvalue weighted by Gasteiger charge is -2.56. The Bertz CT molecular complexity index is 764. The molecule has 166 valence electrons. The quantitative estimate of drug-likeness (QED) is 0.503. The fourth-order valence-electron chi connectivity index (χ4n) is 6.62. The third-order valence-electron chi connectivity index (χ3n) is 7.54. The number of hydrogen-bond acceptors (Lipinski definition) is 4. The third kappa shape index (κ3) is 4.54. The first-order chi connectivity index (χ1) is 14.3. The molecule has 2 fully saturated rings. The molecule has 0 spiro atoms. The first-order valence-electron chi connectivity index (χ1n) is 11.9. The summed E-state index contributed by atoms with van der Waals surface area (Å²) in [4.78, 5) is 12.2. The van der Waals surface area contributed by atoms with Gasteiger partial charge in [0.1, 0.15) is 5.75 Å². The first kappa shape index (κ1) is 21.7. The lowest BCUT2D eigenvalue weighted by Crippen LogP contribution is -2.59. The molecule has 2 bridgehead atoms. The summed E-state index contributed by atoms with van der Waals surface area (Å²) in [5, 5.41) is 3.79. The van der Waals surface area contributed by atoms with Crippen molar-refractivity contribution < 1.29 is 14.3 Å². The van der Waals surface area contributed by atoms with Gasteiger partial charge in [-0.25, -0.2) is 0 Å². The summed E-state index contributed by atoms with van der Waals surface area (Å²) in [5.41, 5.74) is 3.53. The third-order valence-corrected chi connectivity index (χ3v) is 7.54. The largest absolute Gasteiger partial charge is 0.457 e. The highest BCUT2D eigenvalue weighted by Crippen LogP contribution is 2.54. The zero-order valence-electron chi connectivity index (χ0n) is 19.3. The van der Waals surface area contributed by atoms with Crippen molar-refractivity contribution in [3.05, 3.63) is 29.3 Å². The molecule has 1 aliphatic heterocycles. The molecule has 4 rings (SSSR count). The monoisotopic (exact) mass is 413 g/mol. The average Bonchev–Trinajstić information content (AvgIpc) is 2.67. The minimum absolute atomic E-state index is 0.000463. The van der Waals surface area contributed by atoms with Gasteiger partial charge in [0.25, 0.3) is 0 Å². The van der Waals surface area contributed by atoms with Crippen LogP contribution in [0.15, 0.2) is 18.2 Å². The van der Waals surface area contributed by atoms with E-state index in [9.17, 15) is 4.79 Å². The standard InChI is InChI=1S/C26H39NO3/c1-18(16-25(2,3)4)13-24(28)30-17-29-20-9-8-19-14-23-21-7-5-6-10-26(21,11-12-27-23)22(19)15-20/h8-9,15,18,21,23,27H,5-7,10-14,16-17H2,1-4H3/t18?,21-,23+,26+/m0/s1. The molecule has 1 heterocycles. The maximum Gasteiger partial charge on any atom is 0.308 e. The Labute approximate surface area is 182 Å². The number of nitrogens with one attached hydrogen (secondary N) is 1. The Morgan fingerprint density at radius 2 is 2.10 bits per heavy atom. The predicted molar refractivity (Wildman–Crippen MR) is 120 cm³/mol. The molecule has 1 saturated carbocycles. The van der Waals surface area contributed by atoms with E-state index in [1.165, 1.54) is 43.2 Å². The van der Waals surface area contributed by atoms with Crippen LogP contribution in [0, 0.1) is 17.3 Å². The van der Waals surface area contributed by atoms with E-state index in [0.29, 0.717) is 23.8 Å². The van der Waals surface area contributed by atoms with Gasteiger partial charge in [0.05, 0.1) is 0 Å². The summed E-state index contributed by atoms with van der Waals surface area (Å²) in [7, 11) is 0. The SMILES string of the molecule is CC(CC(=O)OCOc1ccc2c(c1)[C@@]13CCCC[C@H]1[C@@H](C2)NCC3)CC(C)(C)C. The molecule has 0 aromatic heterocycles. The van der Waals surface area contributed by atoms with Gasteiger partial charge in [-0.15, -0.1) is 0 Å². The Hall–Kier alpha value is -1.55. The Morgan fingerprint density at radius 1 is 1.27 bits per heavy atom. The number of ether oxygens (including phenoxy) is 2. The van der Waals surface area contributed by atoms with Gasteiger partial charge in [-0.3, -0.25) is 4.79 Å². The van der Waals surface area contributed by atoms with Crippen LogP contribution < -0.4 is 10.1 Å². The minimum Gasteiger partial charge on any atom is -0.457 e. The highest BCUT2D eigenvalue weighted by atomic mass is 16.7. The molecule has 1 aromatic rings. The minimum atomic E-state index is -0.170. The van der Waals surface area contributed by atoms with Crippen LogP contribution in [0.2, 0.25) is 0 Å². The number of rotatable bonds is 6. The maximum atomic E-state index is 12.2. The normalized spacial score (nSPS) is 28.8. The second-order valence-corrected chi connectivity index (χ2v) is 11.2. The molecule has 1 unspecified atom stereocenters. The molecule has 4 nitrogen and oxygen atoms in total. The van der Waals surface area contributed by atoms with Crippen LogP contribution in [0.25, 0.3) is 0 Å². The Kier molecular flexibility index (Phi) is 6.16. The summed E-state index contributed by atoms with van der Waals surface area (Å²) >= 11 is 0. The molecule has 0 amide bonds. The van der Waals surface area contributed by atoms with Crippen LogP contribution in [0.4, 0.5) is 0 Å². The van der Waals surface area contributed by atoms with Gasteiger partial charge in [-0.1, -0.05) is 46.6 Å². The van der Waals surface area contributed by atoms with Crippen molar-refractivity contribution in [1.29, 1.82) is 0 Å². The second-order valence-electron chi connectivity index (χ2n) is 11.2. The highest BCUT2D eigenvalue weighted by molar-refractivity contribution is 5.69. The highest BCUT2D eigenvalue weighted by Gasteiger charge is 2.51.